The van der Waals surface area contributed by atoms with E-state index in [0.29, 0.717) is 0 Å². The van der Waals surface area contributed by atoms with Crippen molar-refractivity contribution in [2.24, 2.45) is 11.1 Å². The van der Waals surface area contributed by atoms with Gasteiger partial charge in [0.1, 0.15) is 11.2 Å². The molecule has 0 unspecified atom stereocenters. The zero-order chi connectivity index (χ0) is 17.2. The number of nitrogens with zero attached hydrogens (tertiary/aromatic N) is 1. The van der Waals surface area contributed by atoms with Gasteiger partial charge in [0.2, 0.25) is 5.91 Å². The minimum absolute atomic E-state index is 0.0461. The highest BCUT2D eigenvalue weighted by atomic mass is 16.1. The zero-order valence-electron chi connectivity index (χ0n) is 13.2. The van der Waals surface area contributed by atoms with E-state index < -0.39 is 23.2 Å². The van der Waals surface area contributed by atoms with Crippen molar-refractivity contribution < 1.29 is 9.59 Å². The van der Waals surface area contributed by atoms with E-state index in [9.17, 15) is 14.9 Å². The summed E-state index contributed by atoms with van der Waals surface area (Å²) in [4.78, 5) is 24.9. The molecule has 0 heterocycles. The van der Waals surface area contributed by atoms with E-state index in [-0.39, 0.29) is 18.6 Å². The van der Waals surface area contributed by atoms with Crippen molar-refractivity contribution in [1.29, 1.82) is 5.26 Å². The molecular weight excluding hydrogens is 300 g/mol. The fourth-order valence-electron chi connectivity index (χ4n) is 3.79. The second kappa shape index (κ2) is 6.29. The van der Waals surface area contributed by atoms with E-state index >= 15 is 0 Å². The molecule has 0 saturated heterocycles. The maximum Gasteiger partial charge on any atom is 0.239 e. The topological polar surface area (TPSA) is 83.9 Å². The fourth-order valence-corrected chi connectivity index (χ4v) is 3.79. The summed E-state index contributed by atoms with van der Waals surface area (Å²) in [6.07, 6.45) is 0.313. The number of primary amides is 1. The molecule has 0 spiro atoms. The van der Waals surface area contributed by atoms with E-state index in [4.69, 9.17) is 5.73 Å². The van der Waals surface area contributed by atoms with Gasteiger partial charge >= 0.3 is 0 Å². The molecule has 2 aromatic rings. The largest absolute Gasteiger partial charge is 0.368 e. The van der Waals surface area contributed by atoms with Gasteiger partial charge in [-0.1, -0.05) is 60.7 Å². The van der Waals surface area contributed by atoms with Gasteiger partial charge < -0.3 is 5.73 Å². The molecule has 1 amide bonds. The van der Waals surface area contributed by atoms with Crippen molar-refractivity contribution in [2.75, 3.05) is 0 Å². The van der Waals surface area contributed by atoms with Crippen LogP contribution in [0.4, 0.5) is 0 Å². The highest BCUT2D eigenvalue weighted by Crippen LogP contribution is 2.53. The maximum absolute atomic E-state index is 12.5. The van der Waals surface area contributed by atoms with Gasteiger partial charge in [-0.2, -0.15) is 5.26 Å². The number of ketones is 1. The fraction of sp³-hybridized carbons (Fsp3) is 0.250. The first-order chi connectivity index (χ1) is 11.6. The number of hydrogen-bond acceptors (Lipinski definition) is 3. The van der Waals surface area contributed by atoms with Crippen LogP contribution < -0.4 is 5.73 Å². The van der Waals surface area contributed by atoms with E-state index in [2.05, 4.69) is 6.07 Å². The summed E-state index contributed by atoms with van der Waals surface area (Å²) in [6.45, 7) is 0. The van der Waals surface area contributed by atoms with Gasteiger partial charge in [-0.3, -0.25) is 9.59 Å². The third-order valence-corrected chi connectivity index (χ3v) is 4.96. The summed E-state index contributed by atoms with van der Waals surface area (Å²) in [5.74, 6) is -1.69. The predicted octanol–water partition coefficient (Wildman–Crippen LogP) is 2.91. The summed E-state index contributed by atoms with van der Waals surface area (Å²) in [7, 11) is 0. The number of rotatable bonds is 3. The summed E-state index contributed by atoms with van der Waals surface area (Å²) < 4.78 is 0. The van der Waals surface area contributed by atoms with Crippen LogP contribution in [0.2, 0.25) is 0 Å². The molecular formula is C20H18N2O2. The quantitative estimate of drug-likeness (QED) is 0.944. The number of hydrogen-bond donors (Lipinski definition) is 1. The van der Waals surface area contributed by atoms with Crippen LogP contribution in [0.5, 0.6) is 0 Å². The molecule has 1 aliphatic rings. The molecule has 1 aliphatic carbocycles. The number of carbonyl (C=O) groups excluding carboxylic acids is 2. The first-order valence-electron chi connectivity index (χ1n) is 7.92. The molecule has 1 fully saturated rings. The third kappa shape index (κ3) is 2.48. The lowest BCUT2D eigenvalue weighted by Crippen LogP contribution is -2.49. The molecule has 2 N–H and O–H groups in total. The van der Waals surface area contributed by atoms with Crippen LogP contribution in [0, 0.1) is 16.7 Å². The molecule has 24 heavy (non-hydrogen) atoms. The lowest BCUT2D eigenvalue weighted by Gasteiger charge is -2.42. The van der Waals surface area contributed by atoms with E-state index in [1.54, 1.807) is 0 Å². The SMILES string of the molecule is N#CC1(C(N)=O)[C@@H](c2ccccc2)CC(=O)C[C@@H]1c1ccccc1. The standard InChI is InChI=1S/C20H18N2O2/c21-13-20(19(22)24)17(14-7-3-1-4-8-14)11-16(23)12-18(20)15-9-5-2-6-10-15/h1-10,17-18H,11-12H2,(H2,22,24)/t17-,18-/m1/s1. The van der Waals surface area contributed by atoms with Crippen LogP contribution in [-0.2, 0) is 9.59 Å². The Bertz CT molecular complexity index is 742. The Balaban J connectivity index is 2.20. The molecule has 2 aromatic carbocycles. The molecule has 0 bridgehead atoms. The first-order valence-corrected chi connectivity index (χ1v) is 7.92. The molecule has 0 aliphatic heterocycles. The number of carbonyl (C=O) groups is 2. The minimum Gasteiger partial charge on any atom is -0.368 e. The third-order valence-electron chi connectivity index (χ3n) is 4.96. The molecule has 4 nitrogen and oxygen atoms in total. The van der Waals surface area contributed by atoms with Crippen LogP contribution in [0.1, 0.15) is 35.8 Å². The van der Waals surface area contributed by atoms with Crippen LogP contribution in [0.15, 0.2) is 60.7 Å². The van der Waals surface area contributed by atoms with Gasteiger partial charge in [0.15, 0.2) is 0 Å². The van der Waals surface area contributed by atoms with Crippen molar-refractivity contribution in [3.63, 3.8) is 0 Å². The van der Waals surface area contributed by atoms with Crippen molar-refractivity contribution in [1.82, 2.24) is 0 Å². The zero-order valence-corrected chi connectivity index (χ0v) is 13.2. The highest BCUT2D eigenvalue weighted by Gasteiger charge is 2.56. The van der Waals surface area contributed by atoms with E-state index in [0.717, 1.165) is 11.1 Å². The Kier molecular flexibility index (Phi) is 4.18. The normalized spacial score (nSPS) is 22.5. The van der Waals surface area contributed by atoms with Crippen molar-refractivity contribution in [3.05, 3.63) is 71.8 Å². The molecule has 0 radical (unpaired) electrons. The van der Waals surface area contributed by atoms with Gasteiger partial charge in [-0.15, -0.1) is 0 Å². The summed E-state index contributed by atoms with van der Waals surface area (Å²) in [5, 5.41) is 10.00. The highest BCUT2D eigenvalue weighted by molar-refractivity contribution is 5.92. The summed E-state index contributed by atoms with van der Waals surface area (Å²) >= 11 is 0. The average Bonchev–Trinajstić information content (AvgIpc) is 2.62. The number of Topliss-reactive ketones (excluding diaryl/α,β-unsaturated/α-hetero) is 1. The molecule has 1 saturated carbocycles. The van der Waals surface area contributed by atoms with Gasteiger partial charge in [0.25, 0.3) is 0 Å². The average molecular weight is 318 g/mol. The van der Waals surface area contributed by atoms with Crippen LogP contribution in [-0.4, -0.2) is 11.7 Å². The van der Waals surface area contributed by atoms with Crippen LogP contribution >= 0.6 is 0 Å². The number of nitriles is 1. The van der Waals surface area contributed by atoms with Crippen LogP contribution in [0.25, 0.3) is 0 Å². The van der Waals surface area contributed by atoms with Gasteiger partial charge in [0.05, 0.1) is 6.07 Å². The first kappa shape index (κ1) is 15.9. The number of amides is 1. The summed E-state index contributed by atoms with van der Waals surface area (Å²) in [6, 6.07) is 20.7. The Morgan fingerprint density at radius 3 is 1.71 bits per heavy atom. The molecule has 0 aromatic heterocycles. The van der Waals surface area contributed by atoms with E-state index in [1.165, 1.54) is 0 Å². The molecule has 2 atom stereocenters. The number of benzene rings is 2. The van der Waals surface area contributed by atoms with Gasteiger partial charge in [-0.25, -0.2) is 0 Å². The predicted molar refractivity (Wildman–Crippen MR) is 89.8 cm³/mol. The van der Waals surface area contributed by atoms with Crippen LogP contribution in [0.3, 0.4) is 0 Å². The van der Waals surface area contributed by atoms with Crippen molar-refractivity contribution in [2.45, 2.75) is 24.7 Å². The minimum atomic E-state index is -1.43. The Labute approximate surface area is 140 Å². The summed E-state index contributed by atoms with van der Waals surface area (Å²) in [5.41, 5.74) is 5.90. The lowest BCUT2D eigenvalue weighted by atomic mass is 9.56. The molecule has 120 valence electrons. The number of nitrogens with two attached hydrogens (primary N) is 1. The van der Waals surface area contributed by atoms with Gasteiger partial charge in [0, 0.05) is 24.7 Å². The second-order valence-electron chi connectivity index (χ2n) is 6.22. The Morgan fingerprint density at radius 1 is 0.958 bits per heavy atom. The smallest absolute Gasteiger partial charge is 0.239 e. The maximum atomic E-state index is 12.5. The van der Waals surface area contributed by atoms with Gasteiger partial charge in [-0.05, 0) is 11.1 Å². The van der Waals surface area contributed by atoms with E-state index in [1.807, 2.05) is 60.7 Å². The molecule has 4 heteroatoms. The molecule has 3 rings (SSSR count). The van der Waals surface area contributed by atoms with Crippen molar-refractivity contribution >= 4 is 11.7 Å². The Morgan fingerprint density at radius 2 is 1.38 bits per heavy atom. The van der Waals surface area contributed by atoms with Crippen molar-refractivity contribution in [3.8, 4) is 6.07 Å². The second-order valence-corrected chi connectivity index (χ2v) is 6.22. The monoisotopic (exact) mass is 318 g/mol. The Hall–Kier alpha value is -2.93. The lowest BCUT2D eigenvalue weighted by molar-refractivity contribution is -0.132.